The molecule has 2 aliphatic rings. The molecule has 0 fully saturated rings. The molecule has 0 unspecified atom stereocenters. The number of alkyl halides is 6. The third-order valence-electron chi connectivity index (χ3n) is 11.0. The monoisotopic (exact) mass is 934 g/mol. The average Bonchev–Trinajstić information content (AvgIpc) is 3.80. The molecule has 2 heterocycles. The maximum atomic E-state index is 14.0. The molecule has 0 saturated carbocycles. The zero-order valence-electron chi connectivity index (χ0n) is 35.4. The third kappa shape index (κ3) is 10.0. The first-order chi connectivity index (χ1) is 32.3. The van der Waals surface area contributed by atoms with Crippen molar-refractivity contribution in [2.45, 2.75) is 45.0 Å². The van der Waals surface area contributed by atoms with E-state index in [4.69, 9.17) is 4.74 Å². The van der Waals surface area contributed by atoms with Crippen molar-refractivity contribution in [3.05, 3.63) is 167 Å². The standard InChI is InChI=1S/C49H36F6N6O7/c1-2-41(62)68-45(65)42(60-25-31-21-29(13-19-39(31)43(60)63)27-9-15-35(16-10-27)56-46(66)58-37-7-3-5-33(23-37)48(50,51)52)61-26-32-22-30(14-20-40(32)44(61)64)28-11-17-36(18-12-28)57-47(67)59-38-8-4-6-34(24-38)49(53,54)55/h3-24,42H,2,25-26H2,1H3,(H2,56,58,66)(H2,57,59,67). The molecule has 4 N–H and O–H groups in total. The van der Waals surface area contributed by atoms with Crippen LogP contribution in [0.15, 0.2) is 133 Å². The van der Waals surface area contributed by atoms with E-state index in [9.17, 15) is 55.1 Å². The van der Waals surface area contributed by atoms with Gasteiger partial charge in [0, 0.05) is 53.4 Å². The van der Waals surface area contributed by atoms with Crippen molar-refractivity contribution in [1.29, 1.82) is 0 Å². The molecule has 19 heteroatoms. The molecule has 0 aromatic heterocycles. The second-order valence-corrected chi connectivity index (χ2v) is 15.6. The van der Waals surface area contributed by atoms with Crippen molar-refractivity contribution in [1.82, 2.24) is 9.80 Å². The minimum atomic E-state index is -4.58. The van der Waals surface area contributed by atoms with Crippen LogP contribution in [-0.4, -0.2) is 51.8 Å². The van der Waals surface area contributed by atoms with E-state index in [0.717, 1.165) is 34.1 Å². The van der Waals surface area contributed by atoms with Crippen molar-refractivity contribution in [2.24, 2.45) is 0 Å². The summed E-state index contributed by atoms with van der Waals surface area (Å²) < 4.78 is 83.8. The summed E-state index contributed by atoms with van der Waals surface area (Å²) in [5.41, 5.74) is 2.86. The van der Waals surface area contributed by atoms with Crippen LogP contribution in [-0.2, 0) is 39.8 Å². The Hall–Kier alpha value is -8.48. The largest absolute Gasteiger partial charge is 0.416 e. The molecule has 13 nitrogen and oxygen atoms in total. The van der Waals surface area contributed by atoms with E-state index in [-0.39, 0.29) is 42.0 Å². The lowest BCUT2D eigenvalue weighted by atomic mass is 10.0. The Morgan fingerprint density at radius 2 is 0.912 bits per heavy atom. The molecule has 2 aliphatic heterocycles. The van der Waals surface area contributed by atoms with Crippen LogP contribution in [0.3, 0.4) is 0 Å². The summed E-state index contributed by atoms with van der Waals surface area (Å²) in [6, 6.07) is 29.8. The fourth-order valence-corrected chi connectivity index (χ4v) is 7.73. The van der Waals surface area contributed by atoms with E-state index >= 15 is 0 Å². The van der Waals surface area contributed by atoms with Crippen molar-refractivity contribution >= 4 is 58.6 Å². The number of esters is 2. The SMILES string of the molecule is CCC(=O)OC(=O)C(N1Cc2cc(-c3ccc(NC(=O)Nc4cccc(C(F)(F)F)c4)cc3)ccc2C1=O)N1Cc2cc(-c3ccc(NC(=O)Nc4cccc(C(F)(F)F)c4)cc3)ccc2C1=O. The summed E-state index contributed by atoms with van der Waals surface area (Å²) in [4.78, 5) is 81.7. The number of hydrogen-bond donors (Lipinski definition) is 4. The van der Waals surface area contributed by atoms with Gasteiger partial charge in [0.25, 0.3) is 11.8 Å². The van der Waals surface area contributed by atoms with Gasteiger partial charge in [-0.25, -0.2) is 14.4 Å². The molecule has 6 amide bonds. The van der Waals surface area contributed by atoms with Crippen LogP contribution >= 0.6 is 0 Å². The van der Waals surface area contributed by atoms with Gasteiger partial charge in [0.15, 0.2) is 0 Å². The minimum Gasteiger partial charge on any atom is -0.390 e. The van der Waals surface area contributed by atoms with Gasteiger partial charge in [0.05, 0.1) is 11.1 Å². The number of urea groups is 2. The highest BCUT2D eigenvalue weighted by Crippen LogP contribution is 2.37. The zero-order chi connectivity index (χ0) is 48.5. The molecular formula is C49H36F6N6O7. The third-order valence-corrected chi connectivity index (χ3v) is 11.0. The minimum absolute atomic E-state index is 0.0550. The molecule has 0 aliphatic carbocycles. The van der Waals surface area contributed by atoms with Crippen LogP contribution in [0.2, 0.25) is 0 Å². The van der Waals surface area contributed by atoms with E-state index < -0.39 is 65.5 Å². The summed E-state index contributed by atoms with van der Waals surface area (Å²) in [5, 5.41) is 9.88. The summed E-state index contributed by atoms with van der Waals surface area (Å²) >= 11 is 0. The van der Waals surface area contributed by atoms with Crippen molar-refractivity contribution in [2.75, 3.05) is 21.3 Å². The molecular weight excluding hydrogens is 899 g/mol. The molecule has 8 rings (SSSR count). The number of nitrogens with one attached hydrogen (secondary N) is 4. The number of fused-ring (bicyclic) bond motifs is 2. The number of amides is 6. The second kappa shape index (κ2) is 18.4. The maximum absolute atomic E-state index is 14.0. The summed E-state index contributed by atoms with van der Waals surface area (Å²) in [7, 11) is 0. The van der Waals surface area contributed by atoms with E-state index in [1.165, 1.54) is 31.2 Å². The van der Waals surface area contributed by atoms with E-state index in [1.807, 2.05) is 0 Å². The van der Waals surface area contributed by atoms with Gasteiger partial charge in [-0.3, -0.25) is 14.4 Å². The van der Waals surface area contributed by atoms with Gasteiger partial charge in [-0.15, -0.1) is 0 Å². The quantitative estimate of drug-likeness (QED) is 0.0603. The first-order valence-electron chi connectivity index (χ1n) is 20.7. The smallest absolute Gasteiger partial charge is 0.390 e. The highest BCUT2D eigenvalue weighted by atomic mass is 19.4. The number of anilines is 4. The predicted octanol–water partition coefficient (Wildman–Crippen LogP) is 10.8. The molecule has 68 heavy (non-hydrogen) atoms. The van der Waals surface area contributed by atoms with Crippen LogP contribution < -0.4 is 21.3 Å². The van der Waals surface area contributed by atoms with Crippen LogP contribution in [0.4, 0.5) is 58.7 Å². The van der Waals surface area contributed by atoms with Gasteiger partial charge < -0.3 is 35.8 Å². The van der Waals surface area contributed by atoms with Gasteiger partial charge in [-0.2, -0.15) is 26.3 Å². The highest BCUT2D eigenvalue weighted by Gasteiger charge is 2.46. The average molecular weight is 935 g/mol. The topological polar surface area (TPSA) is 166 Å². The number of halogens is 6. The highest BCUT2D eigenvalue weighted by molar-refractivity contribution is 6.06. The van der Waals surface area contributed by atoms with Crippen LogP contribution in [0.5, 0.6) is 0 Å². The molecule has 0 saturated heterocycles. The molecule has 6 aromatic carbocycles. The van der Waals surface area contributed by atoms with Crippen LogP contribution in [0, 0.1) is 0 Å². The van der Waals surface area contributed by atoms with Crippen molar-refractivity contribution in [3.8, 4) is 22.3 Å². The lowest BCUT2D eigenvalue weighted by Crippen LogP contribution is -2.54. The molecule has 0 spiro atoms. The Balaban J connectivity index is 0.949. The van der Waals surface area contributed by atoms with E-state index in [0.29, 0.717) is 44.8 Å². The van der Waals surface area contributed by atoms with Gasteiger partial charge >= 0.3 is 36.4 Å². The van der Waals surface area contributed by atoms with Crippen molar-refractivity contribution in [3.63, 3.8) is 0 Å². The Bertz CT molecular complexity index is 2810. The Morgan fingerprint density at radius 1 is 0.529 bits per heavy atom. The summed E-state index contributed by atoms with van der Waals surface area (Å²) in [5.74, 6) is -3.18. The number of rotatable bonds is 10. The van der Waals surface area contributed by atoms with E-state index in [1.54, 1.807) is 84.9 Å². The fraction of sp³-hybridized carbons (Fsp3) is 0.143. The lowest BCUT2D eigenvalue weighted by molar-refractivity contribution is -0.166. The zero-order valence-corrected chi connectivity index (χ0v) is 35.4. The molecule has 6 aromatic rings. The summed E-state index contributed by atoms with van der Waals surface area (Å²) in [6.07, 6.45) is -11.0. The van der Waals surface area contributed by atoms with Gasteiger partial charge in [-0.1, -0.05) is 55.5 Å². The van der Waals surface area contributed by atoms with Gasteiger partial charge in [0.2, 0.25) is 6.17 Å². The van der Waals surface area contributed by atoms with Crippen LogP contribution in [0.25, 0.3) is 22.3 Å². The molecule has 0 atom stereocenters. The number of nitrogens with zero attached hydrogens (tertiary/aromatic N) is 2. The molecule has 0 bridgehead atoms. The number of ether oxygens (including phenoxy) is 1. The van der Waals surface area contributed by atoms with Crippen LogP contribution in [0.1, 0.15) is 56.3 Å². The second-order valence-electron chi connectivity index (χ2n) is 15.6. The number of carbonyl (C=O) groups excluding carboxylic acids is 6. The van der Waals surface area contributed by atoms with E-state index in [2.05, 4.69) is 21.3 Å². The fourth-order valence-electron chi connectivity index (χ4n) is 7.73. The normalized spacial score (nSPS) is 13.2. The van der Waals surface area contributed by atoms with Gasteiger partial charge in [0.1, 0.15) is 0 Å². The Morgan fingerprint density at radius 3 is 1.29 bits per heavy atom. The maximum Gasteiger partial charge on any atom is 0.416 e. The number of benzene rings is 6. The predicted molar refractivity (Wildman–Crippen MR) is 237 cm³/mol. The number of carbonyl (C=O) groups is 6. The Labute approximate surface area is 382 Å². The molecule has 346 valence electrons. The van der Waals surface area contributed by atoms with Gasteiger partial charge in [-0.05, 0) is 118 Å². The first-order valence-corrected chi connectivity index (χ1v) is 20.7. The lowest BCUT2D eigenvalue weighted by Gasteiger charge is -2.32. The van der Waals surface area contributed by atoms with Crippen molar-refractivity contribution < 1.29 is 59.8 Å². The summed E-state index contributed by atoms with van der Waals surface area (Å²) in [6.45, 7) is 1.21. The Kier molecular flexibility index (Phi) is 12.5. The number of hydrogen-bond acceptors (Lipinski definition) is 7. The first kappa shape index (κ1) is 46.1. The molecule has 0 radical (unpaired) electrons.